The Morgan fingerprint density at radius 3 is 2.32 bits per heavy atom. The summed E-state index contributed by atoms with van der Waals surface area (Å²) in [6, 6.07) is 3.30. The molecule has 12 nitrogen and oxygen atoms in total. The van der Waals surface area contributed by atoms with Crippen molar-refractivity contribution >= 4 is 11.7 Å². The lowest BCUT2D eigenvalue weighted by Crippen LogP contribution is -2.62. The van der Waals surface area contributed by atoms with Gasteiger partial charge in [0.2, 0.25) is 6.79 Å². The molecule has 0 saturated carbocycles. The lowest BCUT2D eigenvalue weighted by Gasteiger charge is -2.45. The summed E-state index contributed by atoms with van der Waals surface area (Å²) >= 11 is 0. The quantitative estimate of drug-likeness (QED) is 0.482. The Morgan fingerprint density at radius 2 is 1.70 bits per heavy atom. The molecule has 0 unspecified atom stereocenters. The summed E-state index contributed by atoms with van der Waals surface area (Å²) in [5.74, 6) is 0.0128. The van der Waals surface area contributed by atoms with Crippen molar-refractivity contribution in [3.05, 3.63) is 23.3 Å². The van der Waals surface area contributed by atoms with E-state index in [2.05, 4.69) is 0 Å². The van der Waals surface area contributed by atoms with Crippen LogP contribution in [0.3, 0.4) is 0 Å². The first-order chi connectivity index (χ1) is 17.9. The molecule has 3 aliphatic rings. The maximum atomic E-state index is 13.5. The molecule has 4 rings (SSSR count). The van der Waals surface area contributed by atoms with Crippen molar-refractivity contribution in [3.8, 4) is 11.5 Å². The zero-order chi connectivity index (χ0) is 26.7. The number of Topliss-reactive ketones (excluding diaryl/α,β-unsaturated/α-hetero) is 1. The van der Waals surface area contributed by atoms with Gasteiger partial charge in [-0.05, 0) is 24.1 Å². The molecule has 12 heteroatoms. The molecule has 3 heterocycles. The molecule has 0 aromatic heterocycles. The number of carbonyl (C=O) groups is 2. The fraction of sp³-hybridized carbons (Fsp3) is 0.680. The van der Waals surface area contributed by atoms with E-state index in [1.54, 1.807) is 12.1 Å². The minimum Gasteiger partial charge on any atom is -0.454 e. The van der Waals surface area contributed by atoms with Crippen LogP contribution >= 0.6 is 0 Å². The maximum Gasteiger partial charge on any atom is 0.254 e. The van der Waals surface area contributed by atoms with Crippen LogP contribution in [0.1, 0.15) is 35.7 Å². The van der Waals surface area contributed by atoms with E-state index in [9.17, 15) is 19.8 Å². The van der Waals surface area contributed by atoms with Gasteiger partial charge in [-0.1, -0.05) is 6.92 Å². The van der Waals surface area contributed by atoms with Crippen LogP contribution < -0.4 is 9.47 Å². The summed E-state index contributed by atoms with van der Waals surface area (Å²) < 4.78 is 39.6. The van der Waals surface area contributed by atoms with Gasteiger partial charge in [0.25, 0.3) is 5.91 Å². The van der Waals surface area contributed by atoms with Gasteiger partial charge in [-0.25, -0.2) is 0 Å². The smallest absolute Gasteiger partial charge is 0.254 e. The van der Waals surface area contributed by atoms with Crippen molar-refractivity contribution < 1.29 is 53.0 Å². The standard InChI is InChI=1S/C25H35NO11/c1-5-6-26-10-13-7-16-17(35-12-34-16)8-14(13)15(28)9-18(20(29)24(26)30)36-25-23(33-4)22(32-3)21(31-2)19(11-27)37-25/h7-8,18-23,25,27,29H,5-6,9-12H2,1-4H3/t18-,19-,20+,21-,22+,23-,25-/m1/s1. The molecule has 37 heavy (non-hydrogen) atoms. The highest BCUT2D eigenvalue weighted by atomic mass is 16.7. The minimum absolute atomic E-state index is 0.0427. The molecule has 2 N–H and O–H groups in total. The zero-order valence-electron chi connectivity index (χ0n) is 21.5. The van der Waals surface area contributed by atoms with E-state index in [1.165, 1.54) is 26.2 Å². The Bertz CT molecular complexity index is 972. The number of hydrogen-bond acceptors (Lipinski definition) is 11. The highest BCUT2D eigenvalue weighted by Crippen LogP contribution is 2.37. The zero-order valence-corrected chi connectivity index (χ0v) is 21.5. The topological polar surface area (TPSA) is 142 Å². The average molecular weight is 526 g/mol. The van der Waals surface area contributed by atoms with E-state index in [0.717, 1.165) is 0 Å². The normalized spacial score (nSPS) is 32.1. The number of fused-ring (bicyclic) bond motifs is 2. The van der Waals surface area contributed by atoms with Crippen molar-refractivity contribution in [1.29, 1.82) is 0 Å². The van der Waals surface area contributed by atoms with E-state index in [1.807, 2.05) is 6.92 Å². The fourth-order valence-corrected chi connectivity index (χ4v) is 5.10. The highest BCUT2D eigenvalue weighted by Gasteiger charge is 2.49. The summed E-state index contributed by atoms with van der Waals surface area (Å²) in [4.78, 5) is 28.4. The Hall–Kier alpha value is -2.32. The Kier molecular flexibility index (Phi) is 9.01. The predicted molar refractivity (Wildman–Crippen MR) is 126 cm³/mol. The number of hydrogen-bond donors (Lipinski definition) is 2. The second kappa shape index (κ2) is 12.0. The van der Waals surface area contributed by atoms with Crippen molar-refractivity contribution in [2.45, 2.75) is 69.2 Å². The molecule has 206 valence electrons. The van der Waals surface area contributed by atoms with Gasteiger partial charge < -0.3 is 48.3 Å². The van der Waals surface area contributed by atoms with Crippen molar-refractivity contribution in [3.63, 3.8) is 0 Å². The Morgan fingerprint density at radius 1 is 1.03 bits per heavy atom. The van der Waals surface area contributed by atoms with Crippen LogP contribution in [0.15, 0.2) is 12.1 Å². The van der Waals surface area contributed by atoms with E-state index < -0.39 is 55.4 Å². The number of methoxy groups -OCH3 is 3. The lowest BCUT2D eigenvalue weighted by molar-refractivity contribution is -0.325. The van der Waals surface area contributed by atoms with Gasteiger partial charge in [0.15, 0.2) is 29.7 Å². The molecule has 0 spiro atoms. The molecule has 1 saturated heterocycles. The van der Waals surface area contributed by atoms with Gasteiger partial charge in [-0.15, -0.1) is 0 Å². The van der Waals surface area contributed by atoms with Crippen LogP contribution in [0.5, 0.6) is 11.5 Å². The summed E-state index contributed by atoms with van der Waals surface area (Å²) in [5.41, 5.74) is 0.950. The molecule has 3 aliphatic heterocycles. The van der Waals surface area contributed by atoms with Crippen LogP contribution in [-0.2, 0) is 35.0 Å². The van der Waals surface area contributed by atoms with Gasteiger partial charge in [0.05, 0.1) is 6.61 Å². The maximum absolute atomic E-state index is 13.5. The van der Waals surface area contributed by atoms with Crippen LogP contribution in [0.2, 0.25) is 0 Å². The number of rotatable bonds is 8. The number of aliphatic hydroxyl groups is 2. The summed E-state index contributed by atoms with van der Waals surface area (Å²) in [5, 5.41) is 21.0. The first kappa shape index (κ1) is 27.7. The number of aliphatic hydroxyl groups excluding tert-OH is 2. The summed E-state index contributed by atoms with van der Waals surface area (Å²) in [6.07, 6.45) is -6.79. The largest absolute Gasteiger partial charge is 0.454 e. The molecule has 1 fully saturated rings. The Balaban J connectivity index is 1.67. The fourth-order valence-electron chi connectivity index (χ4n) is 5.10. The molecule has 0 radical (unpaired) electrons. The van der Waals surface area contributed by atoms with Crippen molar-refractivity contribution in [2.75, 3.05) is 41.3 Å². The van der Waals surface area contributed by atoms with Crippen LogP contribution in [0.25, 0.3) is 0 Å². The van der Waals surface area contributed by atoms with Crippen LogP contribution in [0.4, 0.5) is 0 Å². The minimum atomic E-state index is -1.65. The number of carbonyl (C=O) groups excluding carboxylic acids is 2. The second-order valence-electron chi connectivity index (χ2n) is 9.20. The van der Waals surface area contributed by atoms with Crippen molar-refractivity contribution in [2.24, 2.45) is 0 Å². The monoisotopic (exact) mass is 525 g/mol. The van der Waals surface area contributed by atoms with Gasteiger partial charge in [-0.3, -0.25) is 9.59 Å². The van der Waals surface area contributed by atoms with E-state index in [0.29, 0.717) is 35.6 Å². The first-order valence-electron chi connectivity index (χ1n) is 12.3. The SMILES string of the molecule is CCCN1Cc2cc3c(cc2C(=O)C[C@@H](O[C@@H]2O[C@H](CO)[C@@H](OC)[C@H](OC)[C@H]2OC)[C@H](O)C1=O)OCO3. The number of benzene rings is 1. The highest BCUT2D eigenvalue weighted by molar-refractivity contribution is 5.99. The van der Waals surface area contributed by atoms with E-state index in [-0.39, 0.29) is 25.5 Å². The first-order valence-corrected chi connectivity index (χ1v) is 12.3. The average Bonchev–Trinajstić information content (AvgIpc) is 3.37. The van der Waals surface area contributed by atoms with Gasteiger partial charge >= 0.3 is 0 Å². The number of nitrogens with zero attached hydrogens (tertiary/aromatic N) is 1. The van der Waals surface area contributed by atoms with Crippen LogP contribution in [-0.4, -0.2) is 111 Å². The predicted octanol–water partition coefficient (Wildman–Crippen LogP) is 0.249. The summed E-state index contributed by atoms with van der Waals surface area (Å²) in [6.45, 7) is 2.03. The van der Waals surface area contributed by atoms with Gasteiger partial charge in [0, 0.05) is 46.4 Å². The molecular formula is C25H35NO11. The summed E-state index contributed by atoms with van der Waals surface area (Å²) in [7, 11) is 4.35. The Labute approximate surface area is 215 Å². The lowest BCUT2D eigenvalue weighted by atomic mass is 9.96. The molecule has 0 aliphatic carbocycles. The number of amides is 1. The molecule has 7 atom stereocenters. The number of ketones is 1. The van der Waals surface area contributed by atoms with Crippen LogP contribution in [0, 0.1) is 0 Å². The van der Waals surface area contributed by atoms with E-state index in [4.69, 9.17) is 33.2 Å². The number of ether oxygens (including phenoxy) is 7. The second-order valence-corrected chi connectivity index (χ2v) is 9.20. The van der Waals surface area contributed by atoms with Gasteiger partial charge in [0.1, 0.15) is 30.5 Å². The third kappa shape index (κ3) is 5.46. The third-order valence-electron chi connectivity index (χ3n) is 6.95. The van der Waals surface area contributed by atoms with E-state index >= 15 is 0 Å². The van der Waals surface area contributed by atoms with Crippen molar-refractivity contribution in [1.82, 2.24) is 4.90 Å². The molecular weight excluding hydrogens is 490 g/mol. The molecule has 0 bridgehead atoms. The van der Waals surface area contributed by atoms with Gasteiger partial charge in [-0.2, -0.15) is 0 Å². The third-order valence-corrected chi connectivity index (χ3v) is 6.95. The molecule has 1 amide bonds. The molecule has 1 aromatic carbocycles. The molecule has 1 aromatic rings.